The molecule has 0 saturated carbocycles. The highest BCUT2D eigenvalue weighted by molar-refractivity contribution is 5.98. The number of imide groups is 1. The van der Waals surface area contributed by atoms with Gasteiger partial charge in [0.25, 0.3) is 0 Å². The van der Waals surface area contributed by atoms with Crippen molar-refractivity contribution in [2.45, 2.75) is 19.9 Å². The van der Waals surface area contributed by atoms with Crippen LogP contribution >= 0.6 is 0 Å². The fourth-order valence-corrected chi connectivity index (χ4v) is 1.58. The van der Waals surface area contributed by atoms with Crippen molar-refractivity contribution < 1.29 is 14.3 Å². The van der Waals surface area contributed by atoms with Gasteiger partial charge in [-0.2, -0.15) is 0 Å². The number of anilines is 1. The van der Waals surface area contributed by atoms with Crippen LogP contribution in [0.25, 0.3) is 0 Å². The van der Waals surface area contributed by atoms with E-state index >= 15 is 0 Å². The van der Waals surface area contributed by atoms with Gasteiger partial charge in [-0.15, -0.1) is 0 Å². The molecule has 1 unspecified atom stereocenters. The molecule has 5 heteroatoms. The summed E-state index contributed by atoms with van der Waals surface area (Å²) in [6, 6.07) is 6.93. The highest BCUT2D eigenvalue weighted by Gasteiger charge is 2.21. The second kappa shape index (κ2) is 6.05. The summed E-state index contributed by atoms with van der Waals surface area (Å²) in [5, 5.41) is 2.27. The third-order valence-corrected chi connectivity index (χ3v) is 2.72. The zero-order valence-electron chi connectivity index (χ0n) is 11.1. The summed E-state index contributed by atoms with van der Waals surface area (Å²) in [6.07, 6.45) is 0. The molecule has 0 fully saturated rings. The summed E-state index contributed by atoms with van der Waals surface area (Å²) in [5.41, 5.74) is 0.797. The number of carbonyl (C=O) groups is 2. The van der Waals surface area contributed by atoms with E-state index in [1.807, 2.05) is 24.3 Å². The average Bonchev–Trinajstić information content (AvgIpc) is 2.36. The third kappa shape index (κ3) is 3.23. The standard InChI is InChI=1S/C13H18N2O3/c1-9(13(17)14-10(2)16)15(3)11-7-5-6-8-12(11)18-4/h5-9H,1-4H3,(H,14,16,17). The van der Waals surface area contributed by atoms with E-state index in [9.17, 15) is 9.59 Å². The van der Waals surface area contributed by atoms with Crippen LogP contribution in [-0.2, 0) is 9.59 Å². The van der Waals surface area contributed by atoms with E-state index in [4.69, 9.17) is 4.74 Å². The Labute approximate surface area is 107 Å². The van der Waals surface area contributed by atoms with E-state index in [0.29, 0.717) is 5.75 Å². The maximum Gasteiger partial charge on any atom is 0.248 e. The molecule has 18 heavy (non-hydrogen) atoms. The molecule has 0 aliphatic rings. The molecule has 0 radical (unpaired) electrons. The number of likely N-dealkylation sites (N-methyl/N-ethyl adjacent to an activating group) is 1. The van der Waals surface area contributed by atoms with E-state index in [1.165, 1.54) is 6.92 Å². The minimum atomic E-state index is -0.467. The van der Waals surface area contributed by atoms with E-state index in [-0.39, 0.29) is 11.8 Å². The molecule has 1 aromatic carbocycles. The van der Waals surface area contributed by atoms with Crippen molar-refractivity contribution in [1.82, 2.24) is 5.32 Å². The normalized spacial score (nSPS) is 11.6. The first-order valence-corrected chi connectivity index (χ1v) is 5.64. The maximum absolute atomic E-state index is 11.8. The number of rotatable bonds is 4. The first-order valence-electron chi connectivity index (χ1n) is 5.64. The second-order valence-corrected chi connectivity index (χ2v) is 4.00. The molecule has 0 heterocycles. The summed E-state index contributed by atoms with van der Waals surface area (Å²) in [5.74, 6) is -0.0151. The topological polar surface area (TPSA) is 58.6 Å². The molecule has 0 aliphatic heterocycles. The number of carbonyl (C=O) groups excluding carboxylic acids is 2. The van der Waals surface area contributed by atoms with Crippen LogP contribution in [0, 0.1) is 0 Å². The Morgan fingerprint density at radius 1 is 1.33 bits per heavy atom. The largest absolute Gasteiger partial charge is 0.495 e. The van der Waals surface area contributed by atoms with Crippen LogP contribution in [0.1, 0.15) is 13.8 Å². The van der Waals surface area contributed by atoms with E-state index in [2.05, 4.69) is 5.32 Å². The zero-order chi connectivity index (χ0) is 13.7. The highest BCUT2D eigenvalue weighted by atomic mass is 16.5. The van der Waals surface area contributed by atoms with Crippen molar-refractivity contribution in [2.75, 3.05) is 19.1 Å². The van der Waals surface area contributed by atoms with Crippen molar-refractivity contribution in [3.8, 4) is 5.75 Å². The Balaban J connectivity index is 2.89. The third-order valence-electron chi connectivity index (χ3n) is 2.72. The van der Waals surface area contributed by atoms with E-state index in [0.717, 1.165) is 5.69 Å². The first-order chi connectivity index (χ1) is 8.47. The molecule has 1 N–H and O–H groups in total. The molecule has 1 rings (SSSR count). The molecule has 5 nitrogen and oxygen atoms in total. The fraction of sp³-hybridized carbons (Fsp3) is 0.385. The Morgan fingerprint density at radius 3 is 2.50 bits per heavy atom. The molecule has 0 bridgehead atoms. The number of methoxy groups -OCH3 is 1. The van der Waals surface area contributed by atoms with Gasteiger partial charge in [0.05, 0.1) is 12.8 Å². The molecule has 0 saturated heterocycles. The van der Waals surface area contributed by atoms with Gasteiger partial charge in [0.1, 0.15) is 11.8 Å². The zero-order valence-corrected chi connectivity index (χ0v) is 11.1. The smallest absolute Gasteiger partial charge is 0.248 e. The summed E-state index contributed by atoms with van der Waals surface area (Å²) in [4.78, 5) is 24.4. The lowest BCUT2D eigenvalue weighted by Crippen LogP contribution is -2.45. The Morgan fingerprint density at radius 2 is 1.94 bits per heavy atom. The minimum absolute atomic E-state index is 0.337. The van der Waals surface area contributed by atoms with E-state index in [1.54, 1.807) is 26.0 Å². The number of nitrogens with zero attached hydrogens (tertiary/aromatic N) is 1. The number of ether oxygens (including phenoxy) is 1. The van der Waals surface area contributed by atoms with Gasteiger partial charge in [0.2, 0.25) is 11.8 Å². The molecule has 0 aromatic heterocycles. The minimum Gasteiger partial charge on any atom is -0.495 e. The van der Waals surface area contributed by atoms with Gasteiger partial charge in [-0.25, -0.2) is 0 Å². The molecule has 0 spiro atoms. The Hall–Kier alpha value is -2.04. The predicted molar refractivity (Wildman–Crippen MR) is 69.7 cm³/mol. The molecule has 0 aliphatic carbocycles. The lowest BCUT2D eigenvalue weighted by molar-refractivity contribution is -0.129. The lowest BCUT2D eigenvalue weighted by atomic mass is 10.2. The maximum atomic E-state index is 11.8. The second-order valence-electron chi connectivity index (χ2n) is 4.00. The van der Waals surface area contributed by atoms with Crippen molar-refractivity contribution in [3.63, 3.8) is 0 Å². The van der Waals surface area contributed by atoms with Crippen LogP contribution in [0.2, 0.25) is 0 Å². The van der Waals surface area contributed by atoms with Gasteiger partial charge in [-0.05, 0) is 19.1 Å². The van der Waals surface area contributed by atoms with Crippen LogP contribution in [0.4, 0.5) is 5.69 Å². The summed E-state index contributed by atoms with van der Waals surface area (Å²) < 4.78 is 5.24. The van der Waals surface area contributed by atoms with Gasteiger partial charge in [0.15, 0.2) is 0 Å². The van der Waals surface area contributed by atoms with Crippen LogP contribution in [0.15, 0.2) is 24.3 Å². The molecule has 2 amide bonds. The van der Waals surface area contributed by atoms with Crippen LogP contribution in [0.3, 0.4) is 0 Å². The van der Waals surface area contributed by atoms with Crippen molar-refractivity contribution in [1.29, 1.82) is 0 Å². The monoisotopic (exact) mass is 250 g/mol. The number of hydrogen-bond donors (Lipinski definition) is 1. The van der Waals surface area contributed by atoms with Crippen molar-refractivity contribution in [2.24, 2.45) is 0 Å². The van der Waals surface area contributed by atoms with Crippen LogP contribution < -0.4 is 15.0 Å². The SMILES string of the molecule is COc1ccccc1N(C)C(C)C(=O)NC(C)=O. The Bertz CT molecular complexity index is 446. The predicted octanol–water partition coefficient (Wildman–Crippen LogP) is 1.18. The number of hydrogen-bond acceptors (Lipinski definition) is 4. The highest BCUT2D eigenvalue weighted by Crippen LogP contribution is 2.27. The fourth-order valence-electron chi connectivity index (χ4n) is 1.58. The molecular weight excluding hydrogens is 232 g/mol. The van der Waals surface area contributed by atoms with Crippen LogP contribution in [-0.4, -0.2) is 32.0 Å². The van der Waals surface area contributed by atoms with Crippen LogP contribution in [0.5, 0.6) is 5.75 Å². The number of nitrogens with one attached hydrogen (secondary N) is 1. The van der Waals surface area contributed by atoms with E-state index < -0.39 is 6.04 Å². The molecule has 1 atom stereocenters. The summed E-state index contributed by atoms with van der Waals surface area (Å²) in [6.45, 7) is 3.04. The summed E-state index contributed by atoms with van der Waals surface area (Å²) >= 11 is 0. The van der Waals surface area contributed by atoms with Crippen molar-refractivity contribution >= 4 is 17.5 Å². The van der Waals surface area contributed by atoms with Gasteiger partial charge in [0, 0.05) is 14.0 Å². The number of benzene rings is 1. The molecule has 98 valence electrons. The van der Waals surface area contributed by atoms with Gasteiger partial charge in [-0.3, -0.25) is 14.9 Å². The van der Waals surface area contributed by atoms with Crippen molar-refractivity contribution in [3.05, 3.63) is 24.3 Å². The summed E-state index contributed by atoms with van der Waals surface area (Å²) in [7, 11) is 3.36. The number of amides is 2. The number of para-hydroxylation sites is 2. The van der Waals surface area contributed by atoms with Gasteiger partial charge in [-0.1, -0.05) is 12.1 Å². The quantitative estimate of drug-likeness (QED) is 0.872. The molecule has 1 aromatic rings. The first kappa shape index (κ1) is 14.0. The van der Waals surface area contributed by atoms with Gasteiger partial charge < -0.3 is 9.64 Å². The lowest BCUT2D eigenvalue weighted by Gasteiger charge is -2.27. The molecular formula is C13H18N2O3. The average molecular weight is 250 g/mol. The Kier molecular flexibility index (Phi) is 4.71. The van der Waals surface area contributed by atoms with Gasteiger partial charge >= 0.3 is 0 Å².